The van der Waals surface area contributed by atoms with Crippen LogP contribution in [0.1, 0.15) is 11.1 Å². The van der Waals surface area contributed by atoms with Gasteiger partial charge in [-0.05, 0) is 23.8 Å². The summed E-state index contributed by atoms with van der Waals surface area (Å²) in [4.78, 5) is 0. The van der Waals surface area contributed by atoms with Crippen LogP contribution in [-0.4, -0.2) is 12.8 Å². The fourth-order valence-electron chi connectivity index (χ4n) is 1.85. The molecule has 0 saturated carbocycles. The second-order valence-corrected chi connectivity index (χ2v) is 4.74. The van der Waals surface area contributed by atoms with Crippen molar-refractivity contribution in [1.82, 2.24) is 5.32 Å². The topological polar surface area (TPSA) is 21.3 Å². The van der Waals surface area contributed by atoms with Crippen LogP contribution >= 0.6 is 0 Å². The molecule has 2 rings (SSSR count). The predicted molar refractivity (Wildman–Crippen MR) is 74.9 cm³/mol. The third kappa shape index (κ3) is 5.37. The first-order chi connectivity index (χ1) is 10.4. The van der Waals surface area contributed by atoms with Crippen molar-refractivity contribution in [3.8, 4) is 5.75 Å². The van der Waals surface area contributed by atoms with Crippen molar-refractivity contribution in [2.75, 3.05) is 6.61 Å². The molecule has 2 nitrogen and oxygen atoms in total. The van der Waals surface area contributed by atoms with Gasteiger partial charge in [0.2, 0.25) is 0 Å². The van der Waals surface area contributed by atoms with Crippen molar-refractivity contribution in [2.45, 2.75) is 19.3 Å². The lowest BCUT2D eigenvalue weighted by atomic mass is 10.2. The summed E-state index contributed by atoms with van der Waals surface area (Å²) in [5.74, 6) is -0.110. The molecule has 0 aromatic heterocycles. The van der Waals surface area contributed by atoms with Gasteiger partial charge in [-0.3, -0.25) is 0 Å². The van der Waals surface area contributed by atoms with E-state index in [4.69, 9.17) is 0 Å². The zero-order valence-corrected chi connectivity index (χ0v) is 11.7. The van der Waals surface area contributed by atoms with Gasteiger partial charge in [0.05, 0.1) is 0 Å². The van der Waals surface area contributed by atoms with Gasteiger partial charge >= 0.3 is 6.18 Å². The number of hydrogen-bond donors (Lipinski definition) is 1. The van der Waals surface area contributed by atoms with Gasteiger partial charge in [-0.15, -0.1) is 0 Å². The Morgan fingerprint density at radius 3 is 2.23 bits per heavy atom. The third-order valence-corrected chi connectivity index (χ3v) is 2.93. The molecule has 2 aromatic carbocycles. The summed E-state index contributed by atoms with van der Waals surface area (Å²) in [5.41, 5.74) is 1.43. The lowest BCUT2D eigenvalue weighted by Gasteiger charge is -2.10. The number of alkyl halides is 3. The highest BCUT2D eigenvalue weighted by Gasteiger charge is 2.28. The van der Waals surface area contributed by atoms with E-state index in [2.05, 4.69) is 10.1 Å². The van der Waals surface area contributed by atoms with Crippen LogP contribution in [0.15, 0.2) is 48.5 Å². The fourth-order valence-corrected chi connectivity index (χ4v) is 1.85. The second-order valence-electron chi connectivity index (χ2n) is 4.74. The number of benzene rings is 2. The summed E-state index contributed by atoms with van der Waals surface area (Å²) in [6.07, 6.45) is -4.35. The number of nitrogens with one attached hydrogen (secondary N) is 1. The third-order valence-electron chi connectivity index (χ3n) is 2.93. The zero-order chi connectivity index (χ0) is 16.0. The minimum absolute atomic E-state index is 0.162. The molecule has 0 spiro atoms. The standard InChI is InChI=1S/C16H15F4NO/c17-15-4-2-1-3-13(15)10-21-9-12-5-7-14(8-6-12)22-11-16(18,19)20/h1-8,21H,9-11H2. The van der Waals surface area contributed by atoms with Gasteiger partial charge in [0.15, 0.2) is 6.61 Å². The summed E-state index contributed by atoms with van der Waals surface area (Å²) in [6, 6.07) is 12.8. The maximum atomic E-state index is 13.4. The zero-order valence-electron chi connectivity index (χ0n) is 11.7. The first kappa shape index (κ1) is 16.3. The molecule has 0 aliphatic heterocycles. The lowest BCUT2D eigenvalue weighted by Crippen LogP contribution is -2.19. The Morgan fingerprint density at radius 1 is 0.909 bits per heavy atom. The average molecular weight is 313 g/mol. The van der Waals surface area contributed by atoms with E-state index in [-0.39, 0.29) is 11.6 Å². The molecule has 0 aliphatic rings. The maximum absolute atomic E-state index is 13.4. The maximum Gasteiger partial charge on any atom is 0.422 e. The van der Waals surface area contributed by atoms with Crippen LogP contribution in [0.25, 0.3) is 0 Å². The van der Waals surface area contributed by atoms with Crippen LogP contribution in [0, 0.1) is 5.82 Å². The highest BCUT2D eigenvalue weighted by Crippen LogP contribution is 2.18. The Bertz CT molecular complexity index is 596. The van der Waals surface area contributed by atoms with Crippen molar-refractivity contribution in [1.29, 1.82) is 0 Å². The highest BCUT2D eigenvalue weighted by molar-refractivity contribution is 5.27. The molecule has 0 saturated heterocycles. The van der Waals surface area contributed by atoms with Gasteiger partial charge < -0.3 is 10.1 Å². The molecule has 2 aromatic rings. The Balaban J connectivity index is 1.80. The molecule has 0 aliphatic carbocycles. The number of rotatable bonds is 6. The highest BCUT2D eigenvalue weighted by atomic mass is 19.4. The summed E-state index contributed by atoms with van der Waals surface area (Å²) in [5, 5.41) is 3.07. The van der Waals surface area contributed by atoms with Crippen LogP contribution in [-0.2, 0) is 13.1 Å². The molecule has 1 N–H and O–H groups in total. The van der Waals surface area contributed by atoms with Crippen molar-refractivity contribution in [2.24, 2.45) is 0 Å². The first-order valence-electron chi connectivity index (χ1n) is 6.67. The smallest absolute Gasteiger partial charge is 0.422 e. The fraction of sp³-hybridized carbons (Fsp3) is 0.250. The molecule has 0 heterocycles. The normalized spacial score (nSPS) is 11.5. The van der Waals surface area contributed by atoms with E-state index in [1.165, 1.54) is 18.2 Å². The Hall–Kier alpha value is -2.08. The molecule has 0 amide bonds. The van der Waals surface area contributed by atoms with E-state index < -0.39 is 12.8 Å². The van der Waals surface area contributed by atoms with Gasteiger partial charge in [0.25, 0.3) is 0 Å². The minimum Gasteiger partial charge on any atom is -0.484 e. The number of ether oxygens (including phenoxy) is 1. The summed E-state index contributed by atoms with van der Waals surface area (Å²) in [7, 11) is 0. The molecular weight excluding hydrogens is 298 g/mol. The van der Waals surface area contributed by atoms with Crippen LogP contribution in [0.5, 0.6) is 5.75 Å². The van der Waals surface area contributed by atoms with Gasteiger partial charge in [0, 0.05) is 18.7 Å². The molecule has 0 unspecified atom stereocenters. The van der Waals surface area contributed by atoms with Crippen molar-refractivity contribution < 1.29 is 22.3 Å². The lowest BCUT2D eigenvalue weighted by molar-refractivity contribution is -0.153. The SMILES string of the molecule is Fc1ccccc1CNCc1ccc(OCC(F)(F)F)cc1. The van der Waals surface area contributed by atoms with Crippen LogP contribution < -0.4 is 10.1 Å². The Labute approximate surface area is 125 Å². The summed E-state index contributed by atoms with van der Waals surface area (Å²) < 4.78 is 54.1. The van der Waals surface area contributed by atoms with E-state index in [1.54, 1.807) is 30.3 Å². The van der Waals surface area contributed by atoms with Gasteiger partial charge in [-0.1, -0.05) is 30.3 Å². The molecule has 0 radical (unpaired) electrons. The summed E-state index contributed by atoms with van der Waals surface area (Å²) in [6.45, 7) is -0.454. The second kappa shape index (κ2) is 7.26. The molecule has 0 bridgehead atoms. The molecule has 6 heteroatoms. The van der Waals surface area contributed by atoms with E-state index in [0.717, 1.165) is 5.56 Å². The van der Waals surface area contributed by atoms with Crippen LogP contribution in [0.4, 0.5) is 17.6 Å². The van der Waals surface area contributed by atoms with E-state index >= 15 is 0 Å². The molecule has 0 fully saturated rings. The van der Waals surface area contributed by atoms with Crippen molar-refractivity contribution in [3.05, 3.63) is 65.5 Å². The Morgan fingerprint density at radius 2 is 1.59 bits per heavy atom. The van der Waals surface area contributed by atoms with E-state index in [0.29, 0.717) is 18.7 Å². The average Bonchev–Trinajstić information content (AvgIpc) is 2.48. The quantitative estimate of drug-likeness (QED) is 0.812. The summed E-state index contributed by atoms with van der Waals surface area (Å²) >= 11 is 0. The molecule has 0 atom stereocenters. The van der Waals surface area contributed by atoms with Crippen molar-refractivity contribution >= 4 is 0 Å². The number of hydrogen-bond acceptors (Lipinski definition) is 2. The minimum atomic E-state index is -4.35. The molecule has 22 heavy (non-hydrogen) atoms. The van der Waals surface area contributed by atoms with Crippen LogP contribution in [0.2, 0.25) is 0 Å². The van der Waals surface area contributed by atoms with E-state index in [1.807, 2.05) is 0 Å². The largest absolute Gasteiger partial charge is 0.484 e. The van der Waals surface area contributed by atoms with Crippen LogP contribution in [0.3, 0.4) is 0 Å². The van der Waals surface area contributed by atoms with Gasteiger partial charge in [0.1, 0.15) is 11.6 Å². The molecular formula is C16H15F4NO. The molecule has 118 valence electrons. The Kier molecular flexibility index (Phi) is 5.38. The predicted octanol–water partition coefficient (Wildman–Crippen LogP) is 4.06. The van der Waals surface area contributed by atoms with Gasteiger partial charge in [-0.25, -0.2) is 4.39 Å². The van der Waals surface area contributed by atoms with Gasteiger partial charge in [-0.2, -0.15) is 13.2 Å². The van der Waals surface area contributed by atoms with E-state index in [9.17, 15) is 17.6 Å². The first-order valence-corrected chi connectivity index (χ1v) is 6.67. The monoisotopic (exact) mass is 313 g/mol. The number of halogens is 4. The van der Waals surface area contributed by atoms with Crippen molar-refractivity contribution in [3.63, 3.8) is 0 Å².